The van der Waals surface area contributed by atoms with E-state index in [0.717, 1.165) is 23.0 Å². The fraction of sp³-hybridized carbons (Fsp3) is 0.235. The van der Waals surface area contributed by atoms with Crippen molar-refractivity contribution in [3.8, 4) is 0 Å². The number of benzene rings is 2. The molecule has 4 heteroatoms. The molecule has 2 aromatic carbocycles. The lowest BCUT2D eigenvalue weighted by molar-refractivity contribution is 0.0974. The van der Waals surface area contributed by atoms with Crippen LogP contribution in [0, 0.1) is 0 Å². The number of para-hydroxylation sites is 1. The highest BCUT2D eigenvalue weighted by Crippen LogP contribution is 2.33. The van der Waals surface area contributed by atoms with Crippen LogP contribution in [0.3, 0.4) is 0 Å². The Bertz CT molecular complexity index is 699. The zero-order chi connectivity index (χ0) is 15.0. The van der Waals surface area contributed by atoms with Crippen LogP contribution in [-0.4, -0.2) is 11.9 Å². The number of hydrogen-bond acceptors (Lipinski definition) is 2. The second-order valence-corrected chi connectivity index (χ2v) is 6.29. The number of amides is 1. The van der Waals surface area contributed by atoms with E-state index in [2.05, 4.69) is 28.9 Å². The van der Waals surface area contributed by atoms with Crippen LogP contribution in [0.2, 0.25) is 0 Å². The topological polar surface area (TPSA) is 46.3 Å². The summed E-state index contributed by atoms with van der Waals surface area (Å²) in [4.78, 5) is 14.9. The van der Waals surface area contributed by atoms with E-state index in [1.165, 1.54) is 5.56 Å². The Kier molecular flexibility index (Phi) is 3.72. The van der Waals surface area contributed by atoms with Crippen LogP contribution in [0.4, 0.5) is 11.4 Å². The van der Waals surface area contributed by atoms with Gasteiger partial charge in [-0.15, -0.1) is 0 Å². The number of nitrogen functional groups attached to an aromatic ring is 1. The van der Waals surface area contributed by atoms with Gasteiger partial charge in [0.05, 0.1) is 5.56 Å². The molecule has 0 radical (unpaired) electrons. The minimum atomic E-state index is -0.00572. The minimum Gasteiger partial charge on any atom is -0.399 e. The molecule has 0 saturated carbocycles. The number of nitrogens with zero attached hydrogens (tertiary/aromatic N) is 1. The molecular formula is C17H17BrN2O. The van der Waals surface area contributed by atoms with Crippen molar-refractivity contribution in [2.75, 3.05) is 10.6 Å². The Morgan fingerprint density at radius 2 is 2.05 bits per heavy atom. The molecule has 108 valence electrons. The van der Waals surface area contributed by atoms with Gasteiger partial charge in [-0.2, -0.15) is 0 Å². The predicted molar refractivity (Wildman–Crippen MR) is 89.6 cm³/mol. The molecule has 1 unspecified atom stereocenters. The first kappa shape index (κ1) is 14.1. The van der Waals surface area contributed by atoms with Gasteiger partial charge in [0.1, 0.15) is 0 Å². The maximum atomic E-state index is 13.0. The van der Waals surface area contributed by atoms with Gasteiger partial charge in [0.2, 0.25) is 0 Å². The summed E-state index contributed by atoms with van der Waals surface area (Å²) >= 11 is 3.45. The van der Waals surface area contributed by atoms with E-state index < -0.39 is 0 Å². The number of carbonyl (C=O) groups is 1. The van der Waals surface area contributed by atoms with Crippen molar-refractivity contribution in [1.82, 2.24) is 0 Å². The average Bonchev–Trinajstić information content (AvgIpc) is 2.49. The molecule has 3 nitrogen and oxygen atoms in total. The van der Waals surface area contributed by atoms with Gasteiger partial charge in [-0.25, -0.2) is 0 Å². The largest absolute Gasteiger partial charge is 0.399 e. The highest BCUT2D eigenvalue weighted by atomic mass is 79.9. The molecule has 1 aliphatic rings. The molecule has 0 saturated heterocycles. The molecule has 3 rings (SSSR count). The first-order valence-electron chi connectivity index (χ1n) is 7.04. The summed E-state index contributed by atoms with van der Waals surface area (Å²) in [6, 6.07) is 13.6. The van der Waals surface area contributed by atoms with Crippen LogP contribution >= 0.6 is 15.9 Å². The molecule has 0 bridgehead atoms. The lowest BCUT2D eigenvalue weighted by atomic mass is 9.95. The van der Waals surface area contributed by atoms with Crippen molar-refractivity contribution in [3.05, 3.63) is 58.1 Å². The van der Waals surface area contributed by atoms with E-state index in [0.29, 0.717) is 11.3 Å². The normalized spacial score (nSPS) is 17.4. The summed E-state index contributed by atoms with van der Waals surface area (Å²) in [5, 5.41) is 0. The fourth-order valence-corrected chi connectivity index (χ4v) is 3.25. The van der Waals surface area contributed by atoms with Gasteiger partial charge in [0.25, 0.3) is 5.91 Å². The van der Waals surface area contributed by atoms with Gasteiger partial charge < -0.3 is 10.6 Å². The Balaban J connectivity index is 2.07. The SMILES string of the molecule is CC1CCc2ccccc2N1C(=O)c1cc(N)ccc1Br. The summed E-state index contributed by atoms with van der Waals surface area (Å²) in [6.07, 6.45) is 1.99. The van der Waals surface area contributed by atoms with Gasteiger partial charge >= 0.3 is 0 Å². The second kappa shape index (κ2) is 5.53. The third kappa shape index (κ3) is 2.56. The van der Waals surface area contributed by atoms with E-state index in [1.807, 2.05) is 29.2 Å². The Hall–Kier alpha value is -1.81. The van der Waals surface area contributed by atoms with Crippen LogP contribution in [0.5, 0.6) is 0 Å². The number of carbonyl (C=O) groups excluding carboxylic acids is 1. The minimum absolute atomic E-state index is 0.00572. The molecule has 1 heterocycles. The Morgan fingerprint density at radius 1 is 1.29 bits per heavy atom. The smallest absolute Gasteiger partial charge is 0.259 e. The molecule has 0 aliphatic carbocycles. The Morgan fingerprint density at radius 3 is 2.86 bits per heavy atom. The molecule has 1 atom stereocenters. The maximum absolute atomic E-state index is 13.0. The summed E-state index contributed by atoms with van der Waals surface area (Å²) in [5.41, 5.74) is 9.27. The van der Waals surface area contributed by atoms with Gasteiger partial charge in [0, 0.05) is 21.9 Å². The summed E-state index contributed by atoms with van der Waals surface area (Å²) in [6.45, 7) is 2.09. The Labute approximate surface area is 132 Å². The van der Waals surface area contributed by atoms with Crippen LogP contribution in [0.1, 0.15) is 29.3 Å². The lowest BCUT2D eigenvalue weighted by Crippen LogP contribution is -2.42. The number of nitrogens with two attached hydrogens (primary N) is 1. The average molecular weight is 345 g/mol. The summed E-state index contributed by atoms with van der Waals surface area (Å²) in [5.74, 6) is -0.00572. The fourth-order valence-electron chi connectivity index (χ4n) is 2.83. The molecule has 21 heavy (non-hydrogen) atoms. The van der Waals surface area contributed by atoms with Crippen LogP contribution in [0.25, 0.3) is 0 Å². The van der Waals surface area contributed by atoms with Crippen molar-refractivity contribution in [1.29, 1.82) is 0 Å². The quantitative estimate of drug-likeness (QED) is 0.794. The highest BCUT2D eigenvalue weighted by Gasteiger charge is 2.29. The van der Waals surface area contributed by atoms with E-state index in [9.17, 15) is 4.79 Å². The van der Waals surface area contributed by atoms with Gasteiger partial charge in [0.15, 0.2) is 0 Å². The number of hydrogen-bond donors (Lipinski definition) is 1. The summed E-state index contributed by atoms with van der Waals surface area (Å²) < 4.78 is 0.775. The van der Waals surface area contributed by atoms with Crippen molar-refractivity contribution in [3.63, 3.8) is 0 Å². The first-order valence-corrected chi connectivity index (χ1v) is 7.83. The van der Waals surface area contributed by atoms with Crippen molar-refractivity contribution in [2.24, 2.45) is 0 Å². The van der Waals surface area contributed by atoms with Crippen molar-refractivity contribution in [2.45, 2.75) is 25.8 Å². The number of halogens is 1. The number of anilines is 2. The van der Waals surface area contributed by atoms with Gasteiger partial charge in [-0.1, -0.05) is 18.2 Å². The van der Waals surface area contributed by atoms with E-state index in [1.54, 1.807) is 12.1 Å². The van der Waals surface area contributed by atoms with Crippen LogP contribution < -0.4 is 10.6 Å². The molecular weight excluding hydrogens is 328 g/mol. The summed E-state index contributed by atoms with van der Waals surface area (Å²) in [7, 11) is 0. The van der Waals surface area contributed by atoms with E-state index >= 15 is 0 Å². The van der Waals surface area contributed by atoms with Crippen LogP contribution in [0.15, 0.2) is 46.9 Å². The monoisotopic (exact) mass is 344 g/mol. The molecule has 0 aromatic heterocycles. The molecule has 2 aromatic rings. The maximum Gasteiger partial charge on any atom is 0.259 e. The number of fused-ring (bicyclic) bond motifs is 1. The van der Waals surface area contributed by atoms with Crippen LogP contribution in [-0.2, 0) is 6.42 Å². The zero-order valence-electron chi connectivity index (χ0n) is 11.8. The molecule has 1 aliphatic heterocycles. The first-order chi connectivity index (χ1) is 10.1. The zero-order valence-corrected chi connectivity index (χ0v) is 13.4. The highest BCUT2D eigenvalue weighted by molar-refractivity contribution is 9.10. The standard InChI is InChI=1S/C17H17BrN2O/c1-11-6-7-12-4-2-3-5-16(12)20(11)17(21)14-10-13(19)8-9-15(14)18/h2-5,8-11H,6-7,19H2,1H3. The molecule has 1 amide bonds. The third-order valence-electron chi connectivity index (χ3n) is 3.96. The number of aryl methyl sites for hydroxylation is 1. The van der Waals surface area contributed by atoms with E-state index in [4.69, 9.17) is 5.73 Å². The lowest BCUT2D eigenvalue weighted by Gasteiger charge is -2.35. The van der Waals surface area contributed by atoms with Crippen molar-refractivity contribution >= 4 is 33.2 Å². The van der Waals surface area contributed by atoms with Crippen molar-refractivity contribution < 1.29 is 4.79 Å². The predicted octanol–water partition coefficient (Wildman–Crippen LogP) is 4.01. The van der Waals surface area contributed by atoms with Gasteiger partial charge in [-0.3, -0.25) is 4.79 Å². The molecule has 2 N–H and O–H groups in total. The molecule has 0 spiro atoms. The molecule has 0 fully saturated rings. The second-order valence-electron chi connectivity index (χ2n) is 5.43. The van der Waals surface area contributed by atoms with Gasteiger partial charge in [-0.05, 0) is 65.5 Å². The van der Waals surface area contributed by atoms with E-state index in [-0.39, 0.29) is 11.9 Å². The number of rotatable bonds is 1. The third-order valence-corrected chi connectivity index (χ3v) is 4.65.